The van der Waals surface area contributed by atoms with E-state index >= 15 is 0 Å². The van der Waals surface area contributed by atoms with Crippen LogP contribution in [0.3, 0.4) is 0 Å². The number of guanidine groups is 1. The molecule has 0 atom stereocenters. The van der Waals surface area contributed by atoms with Gasteiger partial charge in [0, 0.05) is 49.9 Å². The predicted octanol–water partition coefficient (Wildman–Crippen LogP) is 2.78. The van der Waals surface area contributed by atoms with Crippen molar-refractivity contribution in [3.8, 4) is 0 Å². The highest BCUT2D eigenvalue weighted by Crippen LogP contribution is 2.10. The van der Waals surface area contributed by atoms with Gasteiger partial charge in [-0.15, -0.1) is 24.0 Å². The summed E-state index contributed by atoms with van der Waals surface area (Å²) in [5.41, 5.74) is 0.662. The number of nitrogens with zero attached hydrogens (tertiary/aromatic N) is 1. The van der Waals surface area contributed by atoms with Gasteiger partial charge >= 0.3 is 0 Å². The first kappa shape index (κ1) is 24.1. The fourth-order valence-electron chi connectivity index (χ4n) is 1.94. The molecule has 0 bridgehead atoms. The van der Waals surface area contributed by atoms with Crippen LogP contribution in [0.1, 0.15) is 30.1 Å². The Morgan fingerprint density at radius 1 is 1.12 bits per heavy atom. The molecule has 142 valence electrons. The van der Waals surface area contributed by atoms with Crippen molar-refractivity contribution in [3.63, 3.8) is 0 Å². The maximum Gasteiger partial charge on any atom is 0.251 e. The van der Waals surface area contributed by atoms with Gasteiger partial charge in [-0.3, -0.25) is 9.79 Å². The zero-order valence-electron chi connectivity index (χ0n) is 14.8. The lowest BCUT2D eigenvalue weighted by Crippen LogP contribution is -2.38. The van der Waals surface area contributed by atoms with E-state index in [1.807, 2.05) is 19.1 Å². The lowest BCUT2D eigenvalue weighted by molar-refractivity contribution is 0.0953. The van der Waals surface area contributed by atoms with E-state index in [9.17, 15) is 4.79 Å². The number of benzene rings is 1. The number of aliphatic imine (C=N–C) groups is 1. The van der Waals surface area contributed by atoms with Crippen molar-refractivity contribution in [2.24, 2.45) is 4.99 Å². The molecule has 0 aliphatic rings. The second kappa shape index (κ2) is 15.4. The van der Waals surface area contributed by atoms with E-state index < -0.39 is 0 Å². The minimum atomic E-state index is -0.0592. The van der Waals surface area contributed by atoms with Crippen molar-refractivity contribution in [1.29, 1.82) is 0 Å². The number of ether oxygens (including phenoxy) is 1. The summed E-state index contributed by atoms with van der Waals surface area (Å²) in [6.07, 6.45) is 1.72. The van der Waals surface area contributed by atoms with Gasteiger partial charge in [0.15, 0.2) is 5.96 Å². The Labute approximate surface area is 175 Å². The van der Waals surface area contributed by atoms with Crippen LogP contribution >= 0.6 is 39.9 Å². The van der Waals surface area contributed by atoms with Crippen molar-refractivity contribution in [1.82, 2.24) is 16.0 Å². The second-order valence-corrected chi connectivity index (χ2v) is 6.07. The maximum absolute atomic E-state index is 12.0. The van der Waals surface area contributed by atoms with Crippen molar-refractivity contribution in [2.75, 3.05) is 39.9 Å². The van der Waals surface area contributed by atoms with Gasteiger partial charge in [-0.1, -0.05) is 15.9 Å². The molecule has 0 aliphatic heterocycles. The van der Waals surface area contributed by atoms with Crippen molar-refractivity contribution in [2.45, 2.75) is 19.8 Å². The van der Waals surface area contributed by atoms with Crippen LogP contribution in [-0.4, -0.2) is 51.8 Å². The van der Waals surface area contributed by atoms with Gasteiger partial charge < -0.3 is 20.7 Å². The number of hydrogen-bond donors (Lipinski definition) is 3. The number of amides is 1. The summed E-state index contributed by atoms with van der Waals surface area (Å²) in [6.45, 7) is 5.65. The highest BCUT2D eigenvalue weighted by molar-refractivity contribution is 14.0. The van der Waals surface area contributed by atoms with Gasteiger partial charge in [0.1, 0.15) is 0 Å². The SMILES string of the molecule is CCNC(=NCCCNC(=O)c1ccc(Br)cc1)NCCCOC.I. The molecule has 0 saturated carbocycles. The van der Waals surface area contributed by atoms with Gasteiger partial charge in [-0.25, -0.2) is 0 Å². The molecule has 3 N–H and O–H groups in total. The van der Waals surface area contributed by atoms with Gasteiger partial charge in [0.2, 0.25) is 0 Å². The van der Waals surface area contributed by atoms with Crippen LogP contribution in [0.15, 0.2) is 33.7 Å². The Morgan fingerprint density at radius 3 is 2.44 bits per heavy atom. The number of nitrogens with one attached hydrogen (secondary N) is 3. The molecule has 0 unspecified atom stereocenters. The minimum Gasteiger partial charge on any atom is -0.385 e. The molecule has 0 radical (unpaired) electrons. The van der Waals surface area contributed by atoms with Crippen LogP contribution in [0.2, 0.25) is 0 Å². The van der Waals surface area contributed by atoms with Crippen molar-refractivity contribution in [3.05, 3.63) is 34.3 Å². The first-order valence-electron chi connectivity index (χ1n) is 8.22. The largest absolute Gasteiger partial charge is 0.385 e. The number of hydrogen-bond acceptors (Lipinski definition) is 3. The van der Waals surface area contributed by atoms with Crippen LogP contribution in [0, 0.1) is 0 Å². The van der Waals surface area contributed by atoms with Crippen molar-refractivity contribution >= 4 is 51.8 Å². The molecule has 8 heteroatoms. The third kappa shape index (κ3) is 11.4. The first-order chi connectivity index (χ1) is 11.7. The summed E-state index contributed by atoms with van der Waals surface area (Å²) in [5.74, 6) is 0.740. The van der Waals surface area contributed by atoms with E-state index in [2.05, 4.69) is 36.9 Å². The summed E-state index contributed by atoms with van der Waals surface area (Å²) in [7, 11) is 1.70. The Bertz CT molecular complexity index is 512. The van der Waals surface area contributed by atoms with Crippen LogP contribution < -0.4 is 16.0 Å². The van der Waals surface area contributed by atoms with Crippen LogP contribution in [-0.2, 0) is 4.74 Å². The Balaban J connectivity index is 0.00000576. The third-order valence-corrected chi connectivity index (χ3v) is 3.69. The Hall–Kier alpha value is -0.870. The molecule has 0 aliphatic carbocycles. The van der Waals surface area contributed by atoms with E-state index in [0.717, 1.165) is 43.0 Å². The zero-order valence-corrected chi connectivity index (χ0v) is 18.7. The predicted molar refractivity (Wildman–Crippen MR) is 117 cm³/mol. The molecule has 1 aromatic carbocycles. The smallest absolute Gasteiger partial charge is 0.251 e. The molecule has 1 amide bonds. The van der Waals surface area contributed by atoms with E-state index in [1.165, 1.54) is 0 Å². The topological polar surface area (TPSA) is 74.8 Å². The lowest BCUT2D eigenvalue weighted by Gasteiger charge is -2.11. The zero-order chi connectivity index (χ0) is 17.6. The second-order valence-electron chi connectivity index (χ2n) is 5.15. The third-order valence-electron chi connectivity index (χ3n) is 3.16. The van der Waals surface area contributed by atoms with Crippen LogP contribution in [0.25, 0.3) is 0 Å². The molecular weight excluding hydrogens is 499 g/mol. The molecule has 0 saturated heterocycles. The highest BCUT2D eigenvalue weighted by Gasteiger charge is 2.03. The number of carbonyl (C=O) groups is 1. The fraction of sp³-hybridized carbons (Fsp3) is 0.529. The van der Waals surface area contributed by atoms with E-state index in [1.54, 1.807) is 19.2 Å². The van der Waals surface area contributed by atoms with E-state index in [0.29, 0.717) is 18.7 Å². The molecule has 1 rings (SSSR count). The summed E-state index contributed by atoms with van der Waals surface area (Å²) in [5, 5.41) is 9.35. The maximum atomic E-state index is 12.0. The molecular formula is C17H28BrIN4O2. The Kier molecular flexibility index (Phi) is 14.9. The van der Waals surface area contributed by atoms with Crippen LogP contribution in [0.4, 0.5) is 0 Å². The number of rotatable bonds is 10. The average Bonchev–Trinajstić information content (AvgIpc) is 2.58. The van der Waals surface area contributed by atoms with Gasteiger partial charge in [-0.05, 0) is 44.0 Å². The number of halogens is 2. The standard InChI is InChI=1S/C17H27BrN4O2.HI/c1-3-19-17(22-12-5-13-24-2)21-11-4-10-20-16(23)14-6-8-15(18)9-7-14;/h6-9H,3-5,10-13H2,1-2H3,(H,20,23)(H2,19,21,22);1H. The molecule has 25 heavy (non-hydrogen) atoms. The quantitative estimate of drug-likeness (QED) is 0.190. The average molecular weight is 527 g/mol. The lowest BCUT2D eigenvalue weighted by atomic mass is 10.2. The molecule has 0 aromatic heterocycles. The van der Waals surface area contributed by atoms with E-state index in [-0.39, 0.29) is 29.9 Å². The first-order valence-corrected chi connectivity index (χ1v) is 9.01. The Morgan fingerprint density at radius 2 is 1.80 bits per heavy atom. The molecule has 0 spiro atoms. The van der Waals surface area contributed by atoms with Gasteiger partial charge in [0.05, 0.1) is 0 Å². The summed E-state index contributed by atoms with van der Waals surface area (Å²) in [6, 6.07) is 7.31. The summed E-state index contributed by atoms with van der Waals surface area (Å²) >= 11 is 3.36. The monoisotopic (exact) mass is 526 g/mol. The normalized spacial score (nSPS) is 10.8. The minimum absolute atomic E-state index is 0. The highest BCUT2D eigenvalue weighted by atomic mass is 127. The number of methoxy groups -OCH3 is 1. The van der Waals surface area contributed by atoms with Gasteiger partial charge in [0.25, 0.3) is 5.91 Å². The van der Waals surface area contributed by atoms with Gasteiger partial charge in [-0.2, -0.15) is 0 Å². The van der Waals surface area contributed by atoms with Crippen LogP contribution in [0.5, 0.6) is 0 Å². The summed E-state index contributed by atoms with van der Waals surface area (Å²) < 4.78 is 5.98. The molecule has 1 aromatic rings. The fourth-order valence-corrected chi connectivity index (χ4v) is 2.20. The molecule has 0 heterocycles. The van der Waals surface area contributed by atoms with Crippen molar-refractivity contribution < 1.29 is 9.53 Å². The molecule has 0 fully saturated rings. The number of carbonyl (C=O) groups excluding carboxylic acids is 1. The van der Waals surface area contributed by atoms with E-state index in [4.69, 9.17) is 4.74 Å². The molecule has 6 nitrogen and oxygen atoms in total. The summed E-state index contributed by atoms with van der Waals surface area (Å²) in [4.78, 5) is 16.4.